The number of benzene rings is 1. The summed E-state index contributed by atoms with van der Waals surface area (Å²) in [7, 11) is 0. The van der Waals surface area contributed by atoms with E-state index in [0.29, 0.717) is 21.6 Å². The second-order valence-electron chi connectivity index (χ2n) is 3.16. The minimum Gasteiger partial charge on any atom is -0.395 e. The first-order valence-electron chi connectivity index (χ1n) is 4.55. The Morgan fingerprint density at radius 2 is 1.93 bits per heavy atom. The van der Waals surface area contributed by atoms with Crippen molar-refractivity contribution in [3.05, 3.63) is 32.8 Å². The van der Waals surface area contributed by atoms with Crippen LogP contribution in [0.3, 0.4) is 0 Å². The van der Waals surface area contributed by atoms with E-state index in [1.807, 2.05) is 13.0 Å². The quantitative estimate of drug-likeness (QED) is 0.821. The van der Waals surface area contributed by atoms with Crippen LogP contribution in [0, 0.1) is 0 Å². The summed E-state index contributed by atoms with van der Waals surface area (Å²) in [4.78, 5) is 0. The minimum absolute atomic E-state index is 0.0272. The Bertz CT molecular complexity index is 344. The topological polar surface area (TPSA) is 32.3 Å². The van der Waals surface area contributed by atoms with Gasteiger partial charge >= 0.3 is 0 Å². The number of halogens is 3. The van der Waals surface area contributed by atoms with Crippen LogP contribution in [-0.4, -0.2) is 18.3 Å². The van der Waals surface area contributed by atoms with Crippen molar-refractivity contribution in [2.45, 2.75) is 13.0 Å². The number of hydrogen-bond donors (Lipinski definition) is 2. The van der Waals surface area contributed by atoms with Crippen LogP contribution in [0.2, 0.25) is 15.1 Å². The van der Waals surface area contributed by atoms with E-state index in [4.69, 9.17) is 39.9 Å². The molecule has 0 amide bonds. The van der Waals surface area contributed by atoms with Crippen LogP contribution in [0.25, 0.3) is 0 Å². The predicted molar refractivity (Wildman–Crippen MR) is 65.0 cm³/mol. The molecule has 0 fully saturated rings. The number of rotatable bonds is 4. The maximum atomic E-state index is 8.69. The monoisotopic (exact) mass is 267 g/mol. The lowest BCUT2D eigenvalue weighted by Crippen LogP contribution is -2.22. The number of hydrogen-bond acceptors (Lipinski definition) is 2. The van der Waals surface area contributed by atoms with Crippen molar-refractivity contribution in [3.63, 3.8) is 0 Å². The lowest BCUT2D eigenvalue weighted by molar-refractivity contribution is 0.286. The summed E-state index contributed by atoms with van der Waals surface area (Å²) in [5.41, 5.74) is 0.875. The number of nitrogens with one attached hydrogen (secondary N) is 1. The first-order valence-corrected chi connectivity index (χ1v) is 5.69. The number of aliphatic hydroxyl groups is 1. The summed E-state index contributed by atoms with van der Waals surface area (Å²) >= 11 is 17.8. The smallest absolute Gasteiger partial charge is 0.0781 e. The molecule has 0 aliphatic carbocycles. The highest BCUT2D eigenvalue weighted by atomic mass is 35.5. The Hall–Kier alpha value is 0.01000. The molecule has 0 spiro atoms. The molecule has 0 unspecified atom stereocenters. The molecule has 1 aromatic rings. The van der Waals surface area contributed by atoms with Gasteiger partial charge in [-0.05, 0) is 18.6 Å². The minimum atomic E-state index is 0.0272. The Kier molecular flexibility index (Phi) is 5.16. The molecule has 0 saturated carbocycles. The Morgan fingerprint density at radius 3 is 2.53 bits per heavy atom. The van der Waals surface area contributed by atoms with Gasteiger partial charge in [0.1, 0.15) is 0 Å². The lowest BCUT2D eigenvalue weighted by Gasteiger charge is -2.16. The SMILES string of the molecule is C[C@@H](NCCO)c1ccc(Cl)c(Cl)c1Cl. The standard InChI is InChI=1S/C10H12Cl3NO/c1-6(14-4-5-15)7-2-3-8(11)10(13)9(7)12/h2-3,6,14-15H,4-5H2,1H3/t6-/m1/s1. The van der Waals surface area contributed by atoms with Gasteiger partial charge in [-0.25, -0.2) is 0 Å². The third-order valence-corrected chi connectivity index (χ3v) is 3.40. The molecule has 0 bridgehead atoms. The third kappa shape index (κ3) is 3.23. The Labute approximate surface area is 104 Å². The molecule has 1 atom stereocenters. The van der Waals surface area contributed by atoms with Gasteiger partial charge in [-0.2, -0.15) is 0 Å². The van der Waals surface area contributed by atoms with Crippen molar-refractivity contribution >= 4 is 34.8 Å². The third-order valence-electron chi connectivity index (χ3n) is 2.09. The first-order chi connectivity index (χ1) is 7.07. The molecule has 0 aliphatic heterocycles. The zero-order chi connectivity index (χ0) is 11.4. The van der Waals surface area contributed by atoms with E-state index in [1.165, 1.54) is 0 Å². The van der Waals surface area contributed by atoms with Gasteiger partial charge < -0.3 is 10.4 Å². The van der Waals surface area contributed by atoms with Gasteiger partial charge in [0.05, 0.1) is 21.7 Å². The van der Waals surface area contributed by atoms with E-state index in [1.54, 1.807) is 6.07 Å². The fraction of sp³-hybridized carbons (Fsp3) is 0.400. The zero-order valence-electron chi connectivity index (χ0n) is 8.23. The van der Waals surface area contributed by atoms with Gasteiger partial charge in [0.25, 0.3) is 0 Å². The van der Waals surface area contributed by atoms with Crippen LogP contribution in [0.4, 0.5) is 0 Å². The van der Waals surface area contributed by atoms with Gasteiger partial charge in [0, 0.05) is 12.6 Å². The van der Waals surface area contributed by atoms with E-state index in [0.717, 1.165) is 5.56 Å². The molecule has 1 aromatic carbocycles. The molecule has 84 valence electrons. The van der Waals surface area contributed by atoms with E-state index < -0.39 is 0 Å². The van der Waals surface area contributed by atoms with Crippen LogP contribution >= 0.6 is 34.8 Å². The Balaban J connectivity index is 2.90. The maximum absolute atomic E-state index is 8.69. The normalized spacial score (nSPS) is 12.9. The van der Waals surface area contributed by atoms with Crippen LogP contribution in [0.5, 0.6) is 0 Å². The Morgan fingerprint density at radius 1 is 1.27 bits per heavy atom. The number of aliphatic hydroxyl groups excluding tert-OH is 1. The van der Waals surface area contributed by atoms with Crippen LogP contribution < -0.4 is 5.32 Å². The van der Waals surface area contributed by atoms with Crippen molar-refractivity contribution in [1.82, 2.24) is 5.32 Å². The fourth-order valence-corrected chi connectivity index (χ4v) is 1.97. The van der Waals surface area contributed by atoms with E-state index >= 15 is 0 Å². The maximum Gasteiger partial charge on any atom is 0.0781 e. The van der Waals surface area contributed by atoms with E-state index in [9.17, 15) is 0 Å². The van der Waals surface area contributed by atoms with Crippen molar-refractivity contribution < 1.29 is 5.11 Å². The van der Waals surface area contributed by atoms with Crippen molar-refractivity contribution in [3.8, 4) is 0 Å². The second kappa shape index (κ2) is 5.92. The van der Waals surface area contributed by atoms with Crippen LogP contribution in [0.15, 0.2) is 12.1 Å². The molecule has 0 aromatic heterocycles. The highest BCUT2D eigenvalue weighted by Gasteiger charge is 2.13. The molecule has 0 aliphatic rings. The first kappa shape index (κ1) is 13.1. The molecule has 0 saturated heterocycles. The summed E-state index contributed by atoms with van der Waals surface area (Å²) in [6, 6.07) is 3.56. The molecule has 2 N–H and O–H groups in total. The van der Waals surface area contributed by atoms with Crippen LogP contribution in [-0.2, 0) is 0 Å². The molecule has 0 radical (unpaired) electrons. The fourth-order valence-electron chi connectivity index (χ4n) is 1.27. The van der Waals surface area contributed by atoms with Crippen molar-refractivity contribution in [2.24, 2.45) is 0 Å². The summed E-state index contributed by atoms with van der Waals surface area (Å²) < 4.78 is 0. The summed E-state index contributed by atoms with van der Waals surface area (Å²) in [6.45, 7) is 2.54. The molecule has 15 heavy (non-hydrogen) atoms. The molecule has 2 nitrogen and oxygen atoms in total. The van der Waals surface area contributed by atoms with Crippen molar-refractivity contribution in [1.29, 1.82) is 0 Å². The molecule has 5 heteroatoms. The van der Waals surface area contributed by atoms with E-state index in [2.05, 4.69) is 5.32 Å². The van der Waals surface area contributed by atoms with Gasteiger partial charge in [-0.1, -0.05) is 40.9 Å². The second-order valence-corrected chi connectivity index (χ2v) is 4.33. The van der Waals surface area contributed by atoms with Crippen LogP contribution in [0.1, 0.15) is 18.5 Å². The van der Waals surface area contributed by atoms with Gasteiger partial charge in [0.15, 0.2) is 0 Å². The summed E-state index contributed by atoms with van der Waals surface area (Å²) in [5.74, 6) is 0. The highest BCUT2D eigenvalue weighted by molar-refractivity contribution is 6.48. The molecule has 0 heterocycles. The summed E-state index contributed by atoms with van der Waals surface area (Å²) in [6.07, 6.45) is 0. The lowest BCUT2D eigenvalue weighted by atomic mass is 10.1. The highest BCUT2D eigenvalue weighted by Crippen LogP contribution is 2.35. The van der Waals surface area contributed by atoms with Gasteiger partial charge in [-0.3, -0.25) is 0 Å². The molecular formula is C10H12Cl3NO. The van der Waals surface area contributed by atoms with E-state index in [-0.39, 0.29) is 12.6 Å². The van der Waals surface area contributed by atoms with Gasteiger partial charge in [0.2, 0.25) is 0 Å². The molecular weight excluding hydrogens is 256 g/mol. The summed E-state index contributed by atoms with van der Waals surface area (Å²) in [5, 5.41) is 13.1. The molecule has 1 rings (SSSR count). The van der Waals surface area contributed by atoms with Gasteiger partial charge in [-0.15, -0.1) is 0 Å². The van der Waals surface area contributed by atoms with Crippen molar-refractivity contribution in [2.75, 3.05) is 13.2 Å². The predicted octanol–water partition coefficient (Wildman–Crippen LogP) is 3.29. The average Bonchev–Trinajstić information content (AvgIpc) is 2.23. The zero-order valence-corrected chi connectivity index (χ0v) is 10.5. The average molecular weight is 269 g/mol. The largest absolute Gasteiger partial charge is 0.395 e.